The van der Waals surface area contributed by atoms with Gasteiger partial charge in [-0.2, -0.15) is 0 Å². The lowest BCUT2D eigenvalue weighted by Crippen LogP contribution is -2.53. The van der Waals surface area contributed by atoms with Crippen molar-refractivity contribution in [2.45, 2.75) is 58.2 Å². The molecule has 3 aromatic rings. The lowest BCUT2D eigenvalue weighted by Gasteiger charge is -2.21. The van der Waals surface area contributed by atoms with Crippen molar-refractivity contribution in [2.24, 2.45) is 5.73 Å². The molecule has 0 radical (unpaired) electrons. The van der Waals surface area contributed by atoms with Crippen molar-refractivity contribution in [1.29, 1.82) is 0 Å². The molecule has 44 heavy (non-hydrogen) atoms. The molecule has 0 saturated carbocycles. The van der Waals surface area contributed by atoms with Gasteiger partial charge in [0, 0.05) is 12.8 Å². The van der Waals surface area contributed by atoms with Crippen LogP contribution in [-0.2, 0) is 47.9 Å². The maximum absolute atomic E-state index is 12.6. The van der Waals surface area contributed by atoms with E-state index in [4.69, 9.17) is 19.9 Å². The highest BCUT2D eigenvalue weighted by Gasteiger charge is 2.27. The van der Waals surface area contributed by atoms with Crippen molar-refractivity contribution in [1.82, 2.24) is 10.6 Å². The number of esters is 3. The fourth-order valence-corrected chi connectivity index (χ4v) is 4.13. The second-order valence-electron chi connectivity index (χ2n) is 9.65. The summed E-state index contributed by atoms with van der Waals surface area (Å²) in [5, 5.41) is 5.26. The quantitative estimate of drug-likeness (QED) is 0.186. The van der Waals surface area contributed by atoms with Gasteiger partial charge in [-0.1, -0.05) is 91.0 Å². The summed E-state index contributed by atoms with van der Waals surface area (Å²) in [6.45, 7) is 5.95. The van der Waals surface area contributed by atoms with Crippen LogP contribution in [0.4, 0.5) is 4.79 Å². The molecule has 3 atom stereocenters. The van der Waals surface area contributed by atoms with Crippen molar-refractivity contribution >= 4 is 23.9 Å². The molecule has 0 aliphatic carbocycles. The number of rotatable bonds is 14. The van der Waals surface area contributed by atoms with E-state index in [0.717, 1.165) is 16.7 Å². The molecule has 10 heteroatoms. The van der Waals surface area contributed by atoms with Gasteiger partial charge < -0.3 is 30.6 Å². The zero-order valence-electron chi connectivity index (χ0n) is 25.6. The second kappa shape index (κ2) is 20.2. The number of urea groups is 1. The molecule has 0 aliphatic rings. The Kier molecular flexibility index (Phi) is 16.3. The normalized spacial score (nSPS) is 12.3. The van der Waals surface area contributed by atoms with Gasteiger partial charge in [0.15, 0.2) is 0 Å². The topological polar surface area (TPSA) is 146 Å². The van der Waals surface area contributed by atoms with Crippen LogP contribution in [0.3, 0.4) is 0 Å². The Morgan fingerprint density at radius 2 is 0.864 bits per heavy atom. The van der Waals surface area contributed by atoms with Crippen LogP contribution in [0.1, 0.15) is 37.5 Å². The van der Waals surface area contributed by atoms with Crippen LogP contribution in [0.15, 0.2) is 91.0 Å². The average Bonchev–Trinajstić information content (AvgIpc) is 3.02. The summed E-state index contributed by atoms with van der Waals surface area (Å²) in [5.41, 5.74) is 8.46. The second-order valence-corrected chi connectivity index (χ2v) is 9.65. The molecule has 0 fully saturated rings. The monoisotopic (exact) mass is 605 g/mol. The van der Waals surface area contributed by atoms with Crippen molar-refractivity contribution < 1.29 is 33.4 Å². The van der Waals surface area contributed by atoms with Crippen LogP contribution in [0.2, 0.25) is 0 Å². The first kappa shape index (κ1) is 35.5. The van der Waals surface area contributed by atoms with Crippen molar-refractivity contribution in [3.8, 4) is 0 Å². The molecule has 3 aromatic carbocycles. The first-order chi connectivity index (χ1) is 21.3. The van der Waals surface area contributed by atoms with E-state index in [1.807, 2.05) is 91.0 Å². The molecule has 3 rings (SSSR count). The number of nitrogens with two attached hydrogens (primary N) is 1. The number of ether oxygens (including phenoxy) is 3. The first-order valence-corrected chi connectivity index (χ1v) is 14.7. The van der Waals surface area contributed by atoms with E-state index in [-0.39, 0.29) is 32.0 Å². The summed E-state index contributed by atoms with van der Waals surface area (Å²) in [6, 6.07) is 25.3. The summed E-state index contributed by atoms with van der Waals surface area (Å²) in [7, 11) is 0. The molecule has 4 N–H and O–H groups in total. The Morgan fingerprint density at radius 3 is 1.20 bits per heavy atom. The van der Waals surface area contributed by atoms with E-state index in [2.05, 4.69) is 10.6 Å². The third kappa shape index (κ3) is 13.5. The predicted molar refractivity (Wildman–Crippen MR) is 168 cm³/mol. The van der Waals surface area contributed by atoms with E-state index in [9.17, 15) is 19.2 Å². The minimum atomic E-state index is -0.882. The Labute approximate surface area is 259 Å². The summed E-state index contributed by atoms with van der Waals surface area (Å²) in [6.07, 6.45) is 1.07. The fraction of sp³-hybridized carbons (Fsp3) is 0.353. The van der Waals surface area contributed by atoms with Crippen LogP contribution in [0, 0.1) is 0 Å². The lowest BCUT2D eigenvalue weighted by molar-refractivity contribution is -0.146. The Morgan fingerprint density at radius 1 is 0.545 bits per heavy atom. The zero-order valence-corrected chi connectivity index (χ0v) is 25.6. The van der Waals surface area contributed by atoms with Gasteiger partial charge in [-0.25, -0.2) is 14.4 Å². The highest BCUT2D eigenvalue weighted by molar-refractivity contribution is 5.87. The number of carbonyl (C=O) groups is 4. The zero-order chi connectivity index (χ0) is 32.2. The van der Waals surface area contributed by atoms with E-state index < -0.39 is 36.1 Å². The fourth-order valence-electron chi connectivity index (χ4n) is 4.13. The molecule has 2 amide bonds. The third-order valence-electron chi connectivity index (χ3n) is 6.21. The molecular weight excluding hydrogens is 562 g/mol. The highest BCUT2D eigenvalue weighted by atomic mass is 16.5. The largest absolute Gasteiger partial charge is 0.465 e. The number of hydrogen-bond donors (Lipinski definition) is 3. The Balaban J connectivity index is 0.000000402. The molecule has 0 aliphatic heterocycles. The van der Waals surface area contributed by atoms with Crippen molar-refractivity contribution in [3.63, 3.8) is 0 Å². The number of benzene rings is 3. The van der Waals surface area contributed by atoms with Gasteiger partial charge in [-0.05, 0) is 43.9 Å². The molecule has 0 aromatic heterocycles. The summed E-state index contributed by atoms with van der Waals surface area (Å²) < 4.78 is 15.0. The number of amides is 2. The Bertz CT molecular complexity index is 1210. The predicted octanol–water partition coefficient (Wildman–Crippen LogP) is 3.75. The maximum Gasteiger partial charge on any atom is 0.329 e. The van der Waals surface area contributed by atoms with Gasteiger partial charge in [0.2, 0.25) is 0 Å². The standard InChI is InChI=1S/C23H28N2O5.C11H15NO2/c1-3-29-21(26)19(15-17-11-7-5-8-12-17)24-23(28)25-20(22(27)30-4-2)16-18-13-9-6-10-14-18;1-2-14-11(13)10(12)8-9-6-4-3-5-7-9/h5-14,19-20H,3-4,15-16H2,1-2H3,(H2,24,25,28);3-7,10H,2,8,12H2,1H3. The van der Waals surface area contributed by atoms with Crippen LogP contribution >= 0.6 is 0 Å². The molecule has 3 unspecified atom stereocenters. The summed E-state index contributed by atoms with van der Waals surface area (Å²) >= 11 is 0. The van der Waals surface area contributed by atoms with E-state index >= 15 is 0 Å². The lowest BCUT2D eigenvalue weighted by atomic mass is 10.1. The number of hydrogen-bond acceptors (Lipinski definition) is 8. The SMILES string of the molecule is CCOC(=O)C(Cc1ccccc1)NC(=O)NC(Cc1ccccc1)C(=O)OCC.CCOC(=O)C(N)Cc1ccccc1. The van der Waals surface area contributed by atoms with Gasteiger partial charge in [0.1, 0.15) is 18.1 Å². The molecule has 0 heterocycles. The Hall–Kier alpha value is -4.70. The molecule has 0 saturated heterocycles. The van der Waals surface area contributed by atoms with Crippen LogP contribution < -0.4 is 16.4 Å². The van der Waals surface area contributed by atoms with Gasteiger partial charge in [-0.3, -0.25) is 4.79 Å². The smallest absolute Gasteiger partial charge is 0.329 e. The average molecular weight is 606 g/mol. The number of nitrogens with one attached hydrogen (secondary N) is 2. The van der Waals surface area contributed by atoms with Crippen LogP contribution in [-0.4, -0.2) is 61.9 Å². The molecular formula is C34H43N3O7. The van der Waals surface area contributed by atoms with Crippen LogP contribution in [0.5, 0.6) is 0 Å². The minimum Gasteiger partial charge on any atom is -0.465 e. The van der Waals surface area contributed by atoms with Crippen molar-refractivity contribution in [3.05, 3.63) is 108 Å². The minimum absolute atomic E-state index is 0.201. The highest BCUT2D eigenvalue weighted by Crippen LogP contribution is 2.08. The first-order valence-electron chi connectivity index (χ1n) is 14.7. The molecule has 0 spiro atoms. The van der Waals surface area contributed by atoms with E-state index in [0.29, 0.717) is 13.0 Å². The molecule has 10 nitrogen and oxygen atoms in total. The molecule has 0 bridgehead atoms. The maximum atomic E-state index is 12.6. The van der Waals surface area contributed by atoms with Gasteiger partial charge >= 0.3 is 23.9 Å². The number of carbonyl (C=O) groups excluding carboxylic acids is 4. The van der Waals surface area contributed by atoms with Gasteiger partial charge in [-0.15, -0.1) is 0 Å². The van der Waals surface area contributed by atoms with Gasteiger partial charge in [0.05, 0.1) is 19.8 Å². The summed E-state index contributed by atoms with van der Waals surface area (Å²) in [5.74, 6) is -1.41. The van der Waals surface area contributed by atoms with Gasteiger partial charge in [0.25, 0.3) is 0 Å². The summed E-state index contributed by atoms with van der Waals surface area (Å²) in [4.78, 5) is 48.5. The third-order valence-corrected chi connectivity index (χ3v) is 6.21. The van der Waals surface area contributed by atoms with Crippen LogP contribution in [0.25, 0.3) is 0 Å². The van der Waals surface area contributed by atoms with E-state index in [1.54, 1.807) is 20.8 Å². The molecule has 236 valence electrons. The van der Waals surface area contributed by atoms with Crippen molar-refractivity contribution in [2.75, 3.05) is 19.8 Å². The van der Waals surface area contributed by atoms with E-state index in [1.165, 1.54) is 0 Å².